The number of aliphatic carboxylic acids is 4. The second-order valence-corrected chi connectivity index (χ2v) is 8.17. The maximum atomic E-state index is 12.9. The first-order valence-corrected chi connectivity index (χ1v) is 11.2. The summed E-state index contributed by atoms with van der Waals surface area (Å²) in [7, 11) is 1.43. The molecule has 0 radical (unpaired) electrons. The van der Waals surface area contributed by atoms with Crippen molar-refractivity contribution in [2.24, 2.45) is 0 Å². The summed E-state index contributed by atoms with van der Waals surface area (Å²) in [5.74, 6) is -4.89. The Labute approximate surface area is 246 Å². The van der Waals surface area contributed by atoms with Gasteiger partial charge in [0.15, 0.2) is 0 Å². The van der Waals surface area contributed by atoms with Crippen molar-refractivity contribution in [2.45, 2.75) is 0 Å². The van der Waals surface area contributed by atoms with E-state index in [4.69, 9.17) is 9.84 Å². The molecule has 0 saturated heterocycles. The molecule has 0 bridgehead atoms. The molecular formula is C21H35GdN5O10. The molecule has 4 N–H and O–H groups in total. The number of nitrogens with zero attached hydrogens (tertiary/aromatic N) is 5. The van der Waals surface area contributed by atoms with Crippen LogP contribution >= 0.6 is 0 Å². The molecule has 37 heavy (non-hydrogen) atoms. The normalized spacial score (nSPS) is 16.6. The quantitative estimate of drug-likeness (QED) is 0.160. The number of carboxylic acids is 4. The van der Waals surface area contributed by atoms with Crippen LogP contribution in [0.5, 0.6) is 0 Å². The Bertz CT molecular complexity index is 800. The molecule has 0 aromatic heterocycles. The van der Waals surface area contributed by atoms with Crippen LogP contribution in [-0.2, 0) is 28.7 Å². The summed E-state index contributed by atoms with van der Waals surface area (Å²) in [6, 6.07) is 0. The van der Waals surface area contributed by atoms with Crippen LogP contribution < -0.4 is 0 Å². The molecule has 0 atom stereocenters. The molecule has 16 heteroatoms. The monoisotopic (exact) mass is 675 g/mol. The van der Waals surface area contributed by atoms with E-state index >= 15 is 0 Å². The average Bonchev–Trinajstić information content (AvgIpc) is 2.76. The number of hydrogen-bond donors (Lipinski definition) is 4. The van der Waals surface area contributed by atoms with Crippen LogP contribution in [0.2, 0.25) is 0 Å². The smallest absolute Gasteiger partial charge is 0.323 e. The molecule has 0 fully saturated rings. The minimum absolute atomic E-state index is 0. The van der Waals surface area contributed by atoms with E-state index in [0.717, 1.165) is 4.90 Å². The molecule has 1 aliphatic rings. The second kappa shape index (κ2) is 19.0. The molecular weight excluding hydrogens is 640 g/mol. The largest absolute Gasteiger partial charge is 0.480 e. The number of carbonyl (C=O) groups excluding carboxylic acids is 1. The molecule has 0 spiro atoms. The third kappa shape index (κ3) is 16.4. The maximum absolute atomic E-state index is 12.9. The summed E-state index contributed by atoms with van der Waals surface area (Å²) < 4.78 is 4.95. The van der Waals surface area contributed by atoms with Crippen molar-refractivity contribution in [3.05, 3.63) is 12.4 Å². The molecule has 0 unspecified atom stereocenters. The Balaban J connectivity index is 0.0000130. The van der Waals surface area contributed by atoms with E-state index in [2.05, 4.69) is 0 Å². The maximum Gasteiger partial charge on any atom is 0.323 e. The standard InChI is InChI=1S/C21H35N5O10.Gd/c1-36-11-10-26(16-21(34)35)17(27)12-22-2-4-23(13-18(28)29)6-8-25(15-20(32)33)9-7-24(5-3-22)14-19(30)31;/h6,8H,2-5,7,9-16H2,1H3,(H,28,29)(H,30,31)(H,32,33)(H,34,35);/b8-6-;. The number of carboxylic acid groups (broad SMARTS) is 4. The Kier molecular flexibility index (Phi) is 18.0. The summed E-state index contributed by atoms with van der Waals surface area (Å²) in [5.41, 5.74) is 0. The van der Waals surface area contributed by atoms with Crippen molar-refractivity contribution >= 4 is 29.8 Å². The fourth-order valence-electron chi connectivity index (χ4n) is 3.45. The minimum Gasteiger partial charge on any atom is -0.480 e. The summed E-state index contributed by atoms with van der Waals surface area (Å²) in [4.78, 5) is 65.3. The first-order valence-electron chi connectivity index (χ1n) is 11.2. The van der Waals surface area contributed by atoms with E-state index in [9.17, 15) is 39.3 Å². The van der Waals surface area contributed by atoms with Crippen LogP contribution in [0.4, 0.5) is 0 Å². The average molecular weight is 675 g/mol. The van der Waals surface area contributed by atoms with Gasteiger partial charge in [0.2, 0.25) is 5.91 Å². The van der Waals surface area contributed by atoms with Crippen molar-refractivity contribution < 1.29 is 89.1 Å². The molecule has 1 heterocycles. The van der Waals surface area contributed by atoms with Gasteiger partial charge in [-0.1, -0.05) is 0 Å². The van der Waals surface area contributed by atoms with Gasteiger partial charge in [-0.2, -0.15) is 0 Å². The van der Waals surface area contributed by atoms with Gasteiger partial charge in [-0.15, -0.1) is 0 Å². The van der Waals surface area contributed by atoms with Crippen LogP contribution in [0.25, 0.3) is 0 Å². The number of methoxy groups -OCH3 is 1. The van der Waals surface area contributed by atoms with Crippen molar-refractivity contribution in [1.82, 2.24) is 24.5 Å². The predicted octanol–water partition coefficient (Wildman–Crippen LogP) is -2.51. The summed E-state index contributed by atoms with van der Waals surface area (Å²) in [5, 5.41) is 36.8. The van der Waals surface area contributed by atoms with Gasteiger partial charge < -0.3 is 39.9 Å². The Morgan fingerprint density at radius 1 is 0.703 bits per heavy atom. The summed E-state index contributed by atoms with van der Waals surface area (Å²) >= 11 is 0. The topological polar surface area (TPSA) is 192 Å². The van der Waals surface area contributed by atoms with Gasteiger partial charge in [-0.3, -0.25) is 33.8 Å². The van der Waals surface area contributed by atoms with Gasteiger partial charge in [-0.05, 0) is 0 Å². The first-order chi connectivity index (χ1) is 17.0. The van der Waals surface area contributed by atoms with Gasteiger partial charge in [0, 0.05) is 105 Å². The minimum atomic E-state index is -1.18. The molecule has 1 amide bonds. The zero-order chi connectivity index (χ0) is 27.1. The predicted molar refractivity (Wildman–Crippen MR) is 124 cm³/mol. The van der Waals surface area contributed by atoms with Gasteiger partial charge in [0.1, 0.15) is 19.6 Å². The number of hydrogen-bond acceptors (Lipinski definition) is 10. The fourth-order valence-corrected chi connectivity index (χ4v) is 3.45. The van der Waals surface area contributed by atoms with Crippen molar-refractivity contribution in [3.63, 3.8) is 0 Å². The van der Waals surface area contributed by atoms with E-state index < -0.39 is 36.3 Å². The van der Waals surface area contributed by atoms with Crippen molar-refractivity contribution in [3.8, 4) is 0 Å². The molecule has 0 aliphatic carbocycles. The third-order valence-electron chi connectivity index (χ3n) is 5.27. The molecule has 1 rings (SSSR count). The van der Waals surface area contributed by atoms with Gasteiger partial charge >= 0.3 is 23.9 Å². The van der Waals surface area contributed by atoms with E-state index in [1.165, 1.54) is 29.3 Å². The van der Waals surface area contributed by atoms with Crippen LogP contribution in [0.3, 0.4) is 0 Å². The van der Waals surface area contributed by atoms with Crippen LogP contribution in [0, 0.1) is 39.9 Å². The van der Waals surface area contributed by atoms with E-state index in [0.29, 0.717) is 0 Å². The molecule has 15 nitrogen and oxygen atoms in total. The van der Waals surface area contributed by atoms with E-state index in [1.54, 1.807) is 9.80 Å². The number of ether oxygens (including phenoxy) is 1. The molecule has 212 valence electrons. The Morgan fingerprint density at radius 3 is 1.54 bits per heavy atom. The number of carbonyl (C=O) groups is 5. The number of rotatable bonds is 13. The van der Waals surface area contributed by atoms with E-state index in [-0.39, 0.29) is 119 Å². The second-order valence-electron chi connectivity index (χ2n) is 8.17. The first kappa shape index (κ1) is 34.9. The molecule has 0 aromatic rings. The fraction of sp³-hybridized carbons (Fsp3) is 0.667. The van der Waals surface area contributed by atoms with Crippen LogP contribution in [0.15, 0.2) is 12.4 Å². The van der Waals surface area contributed by atoms with Gasteiger partial charge in [-0.25, -0.2) is 0 Å². The van der Waals surface area contributed by atoms with Crippen LogP contribution in [0.1, 0.15) is 0 Å². The zero-order valence-corrected chi connectivity index (χ0v) is 22.9. The molecule has 0 saturated carbocycles. The Hall–Kier alpha value is -2.11. The van der Waals surface area contributed by atoms with Crippen molar-refractivity contribution in [1.29, 1.82) is 0 Å². The number of amides is 1. The summed E-state index contributed by atoms with van der Waals surface area (Å²) in [6.45, 7) is -0.177. The Morgan fingerprint density at radius 2 is 1.14 bits per heavy atom. The third-order valence-corrected chi connectivity index (χ3v) is 5.27. The van der Waals surface area contributed by atoms with Gasteiger partial charge in [0.25, 0.3) is 0 Å². The molecule has 0 aromatic carbocycles. The van der Waals surface area contributed by atoms with Crippen molar-refractivity contribution in [2.75, 3.05) is 92.3 Å². The summed E-state index contributed by atoms with van der Waals surface area (Å²) in [6.07, 6.45) is 2.90. The van der Waals surface area contributed by atoms with Gasteiger partial charge in [0.05, 0.1) is 19.7 Å². The molecule has 1 aliphatic heterocycles. The van der Waals surface area contributed by atoms with E-state index in [1.807, 2.05) is 0 Å². The SMILES string of the molecule is COCCN(CC(=O)O)C(=O)CN1CCN(CC(=O)O)/C=C\N(CC(=O)O)CCN(CC(=O)O)CC1.[Gd]. The zero-order valence-electron chi connectivity index (χ0n) is 20.7. The van der Waals surface area contributed by atoms with Crippen LogP contribution in [-0.4, -0.2) is 167 Å².